The third kappa shape index (κ3) is 2.90. The average molecular weight is 326 g/mol. The maximum absolute atomic E-state index is 14.6. The minimum atomic E-state index is -1.56. The van der Waals surface area contributed by atoms with Crippen LogP contribution in [-0.4, -0.2) is 77.4 Å². The summed E-state index contributed by atoms with van der Waals surface area (Å²) in [7, 11) is 0. The highest BCUT2D eigenvalue weighted by molar-refractivity contribution is 5.97. The molecule has 0 aromatic rings. The molecule has 128 valence electrons. The van der Waals surface area contributed by atoms with Crippen molar-refractivity contribution >= 4 is 18.4 Å². The molecule has 1 N–H and O–H groups in total. The smallest absolute Gasteiger partial charge is 0.173 e. The predicted molar refractivity (Wildman–Crippen MR) is 84.8 cm³/mol. The summed E-state index contributed by atoms with van der Waals surface area (Å²) in [5.74, 6) is 0. The molecular weight excluding hydrogens is 303 g/mol. The lowest BCUT2D eigenvalue weighted by molar-refractivity contribution is -0.122. The van der Waals surface area contributed by atoms with Crippen molar-refractivity contribution in [3.8, 4) is 0 Å². The van der Waals surface area contributed by atoms with Crippen LogP contribution in [0.25, 0.3) is 0 Å². The second-order valence-electron chi connectivity index (χ2n) is 6.42. The van der Waals surface area contributed by atoms with Gasteiger partial charge in [0.1, 0.15) is 24.6 Å². The van der Waals surface area contributed by atoms with Crippen molar-refractivity contribution in [2.45, 2.75) is 76.7 Å². The molecule has 7 nitrogen and oxygen atoms in total. The third-order valence-corrected chi connectivity index (χ3v) is 4.33. The molecule has 8 heteroatoms. The number of nitrogens with zero attached hydrogens (tertiary/aromatic N) is 4. The first-order valence-electron chi connectivity index (χ1n) is 7.90. The first kappa shape index (κ1) is 16.5. The lowest BCUT2D eigenvalue weighted by Crippen LogP contribution is -2.48. The Labute approximate surface area is 134 Å². The van der Waals surface area contributed by atoms with E-state index in [9.17, 15) is 9.50 Å². The van der Waals surface area contributed by atoms with Gasteiger partial charge in [0.25, 0.3) is 0 Å². The zero-order valence-electron chi connectivity index (χ0n) is 13.7. The fraction of sp³-hybridized carbons (Fsp3) is 0.800. The van der Waals surface area contributed by atoms with Gasteiger partial charge in [-0.15, -0.1) is 0 Å². The molecule has 3 heterocycles. The molecule has 1 saturated heterocycles. The SMILES string of the molecule is CC1=NC=NC2C1N=CN2[C@@H]1O[C@H](C(C)OC(C)C)[C@@H](O)[C@H]1F. The minimum absolute atomic E-state index is 0.0301. The molecule has 3 aliphatic rings. The number of ether oxygens (including phenoxy) is 2. The van der Waals surface area contributed by atoms with Gasteiger partial charge in [-0.05, 0) is 27.7 Å². The van der Waals surface area contributed by atoms with Gasteiger partial charge in [0.15, 0.2) is 18.6 Å². The Bertz CT molecular complexity index is 539. The molecule has 0 saturated carbocycles. The van der Waals surface area contributed by atoms with E-state index in [4.69, 9.17) is 9.47 Å². The van der Waals surface area contributed by atoms with E-state index in [-0.39, 0.29) is 18.3 Å². The fourth-order valence-corrected chi connectivity index (χ4v) is 3.22. The van der Waals surface area contributed by atoms with Crippen LogP contribution in [0.5, 0.6) is 0 Å². The summed E-state index contributed by atoms with van der Waals surface area (Å²) in [5.41, 5.74) is 0.825. The maximum Gasteiger partial charge on any atom is 0.173 e. The molecular formula is C15H23FN4O3. The summed E-state index contributed by atoms with van der Waals surface area (Å²) in [6.45, 7) is 7.42. The second-order valence-corrected chi connectivity index (χ2v) is 6.42. The Morgan fingerprint density at radius 1 is 1.35 bits per heavy atom. The van der Waals surface area contributed by atoms with Crippen molar-refractivity contribution in [3.63, 3.8) is 0 Å². The van der Waals surface area contributed by atoms with E-state index < -0.39 is 30.7 Å². The quantitative estimate of drug-likeness (QED) is 0.827. The van der Waals surface area contributed by atoms with Crippen LogP contribution in [0, 0.1) is 0 Å². The van der Waals surface area contributed by atoms with Gasteiger partial charge in [0.05, 0.1) is 18.5 Å². The monoisotopic (exact) mass is 326 g/mol. The number of hydrogen-bond acceptors (Lipinski definition) is 7. The van der Waals surface area contributed by atoms with E-state index in [2.05, 4.69) is 15.0 Å². The Balaban J connectivity index is 1.73. The number of aliphatic imine (C=N–C) groups is 3. The predicted octanol–water partition coefficient (Wildman–Crippen LogP) is 0.765. The van der Waals surface area contributed by atoms with Gasteiger partial charge >= 0.3 is 0 Å². The molecule has 1 fully saturated rings. The molecule has 0 amide bonds. The largest absolute Gasteiger partial charge is 0.387 e. The first-order chi connectivity index (χ1) is 10.9. The van der Waals surface area contributed by atoms with E-state index in [1.165, 1.54) is 12.7 Å². The minimum Gasteiger partial charge on any atom is -0.387 e. The van der Waals surface area contributed by atoms with Crippen molar-refractivity contribution in [1.82, 2.24) is 4.90 Å². The molecule has 3 rings (SSSR count). The van der Waals surface area contributed by atoms with Crippen molar-refractivity contribution in [1.29, 1.82) is 0 Å². The molecule has 0 aliphatic carbocycles. The average Bonchev–Trinajstić information content (AvgIpc) is 3.02. The Morgan fingerprint density at radius 3 is 2.78 bits per heavy atom. The van der Waals surface area contributed by atoms with Crippen LogP contribution in [0.2, 0.25) is 0 Å². The van der Waals surface area contributed by atoms with Gasteiger partial charge in [0, 0.05) is 5.71 Å². The van der Waals surface area contributed by atoms with Crippen LogP contribution < -0.4 is 0 Å². The lowest BCUT2D eigenvalue weighted by Gasteiger charge is -2.31. The lowest BCUT2D eigenvalue weighted by atomic mass is 10.1. The van der Waals surface area contributed by atoms with Crippen molar-refractivity contribution in [2.75, 3.05) is 0 Å². The van der Waals surface area contributed by atoms with Gasteiger partial charge in [-0.25, -0.2) is 14.4 Å². The zero-order valence-corrected chi connectivity index (χ0v) is 13.7. The Morgan fingerprint density at radius 2 is 2.09 bits per heavy atom. The number of hydrogen-bond donors (Lipinski definition) is 1. The molecule has 0 aromatic heterocycles. The molecule has 0 radical (unpaired) electrons. The van der Waals surface area contributed by atoms with Gasteiger partial charge in [-0.2, -0.15) is 0 Å². The summed E-state index contributed by atoms with van der Waals surface area (Å²) in [6.07, 6.45) is -2.29. The van der Waals surface area contributed by atoms with Crippen LogP contribution in [0.4, 0.5) is 4.39 Å². The maximum atomic E-state index is 14.6. The fourth-order valence-electron chi connectivity index (χ4n) is 3.22. The first-order valence-corrected chi connectivity index (χ1v) is 7.90. The van der Waals surface area contributed by atoms with Crippen LogP contribution in [0.1, 0.15) is 27.7 Å². The number of rotatable bonds is 4. The van der Waals surface area contributed by atoms with E-state index in [0.717, 1.165) is 5.71 Å². The van der Waals surface area contributed by atoms with Crippen LogP contribution >= 0.6 is 0 Å². The molecule has 23 heavy (non-hydrogen) atoms. The van der Waals surface area contributed by atoms with Gasteiger partial charge in [-0.1, -0.05) is 0 Å². The molecule has 7 atom stereocenters. The normalized spacial score (nSPS) is 40.7. The molecule has 3 aliphatic heterocycles. The van der Waals surface area contributed by atoms with Crippen molar-refractivity contribution < 1.29 is 19.0 Å². The summed E-state index contributed by atoms with van der Waals surface area (Å²) in [5, 5.41) is 10.2. The van der Waals surface area contributed by atoms with Gasteiger partial charge in [0.2, 0.25) is 0 Å². The zero-order chi connectivity index (χ0) is 16.7. The summed E-state index contributed by atoms with van der Waals surface area (Å²) in [4.78, 5) is 14.4. The summed E-state index contributed by atoms with van der Waals surface area (Å²) in [6, 6.07) is -0.226. The molecule has 0 aromatic carbocycles. The van der Waals surface area contributed by atoms with Crippen molar-refractivity contribution in [3.05, 3.63) is 0 Å². The number of aliphatic hydroxyl groups is 1. The van der Waals surface area contributed by atoms with Crippen LogP contribution in [-0.2, 0) is 9.47 Å². The van der Waals surface area contributed by atoms with Crippen molar-refractivity contribution in [2.24, 2.45) is 15.0 Å². The summed E-state index contributed by atoms with van der Waals surface area (Å²) < 4.78 is 26.0. The topological polar surface area (TPSA) is 79.0 Å². The van der Waals surface area contributed by atoms with E-state index >= 15 is 0 Å². The third-order valence-electron chi connectivity index (χ3n) is 4.33. The van der Waals surface area contributed by atoms with Crippen LogP contribution in [0.3, 0.4) is 0 Å². The molecule has 3 unspecified atom stereocenters. The highest BCUT2D eigenvalue weighted by Crippen LogP contribution is 2.33. The van der Waals surface area contributed by atoms with E-state index in [1.54, 1.807) is 11.8 Å². The second kappa shape index (κ2) is 6.26. The highest BCUT2D eigenvalue weighted by Gasteiger charge is 2.52. The Kier molecular flexibility index (Phi) is 4.48. The highest BCUT2D eigenvalue weighted by atomic mass is 19.1. The van der Waals surface area contributed by atoms with E-state index in [0.29, 0.717) is 0 Å². The number of aliphatic hydroxyl groups excluding tert-OH is 1. The number of alkyl halides is 1. The van der Waals surface area contributed by atoms with Gasteiger partial charge < -0.3 is 19.5 Å². The van der Waals surface area contributed by atoms with Gasteiger partial charge in [-0.3, -0.25) is 4.99 Å². The Hall–Kier alpha value is -1.38. The molecule has 0 spiro atoms. The molecule has 0 bridgehead atoms. The number of halogens is 1. The number of fused-ring (bicyclic) bond motifs is 1. The standard InChI is InChI=1S/C15H23FN4O3/c1-7(2)22-9(4)13-12(21)10(16)15(23-13)20-6-19-11-8(3)17-5-18-14(11)20/h5-7,9-15,21H,1-4H3/t9?,10-,11?,12+,13-,14?,15-/m1/s1. The summed E-state index contributed by atoms with van der Waals surface area (Å²) >= 11 is 0. The van der Waals surface area contributed by atoms with Crippen LogP contribution in [0.15, 0.2) is 15.0 Å². The van der Waals surface area contributed by atoms with E-state index in [1.807, 2.05) is 20.8 Å².